The van der Waals surface area contributed by atoms with Crippen molar-refractivity contribution >= 4 is 17.9 Å². The molecule has 1 fully saturated rings. The highest BCUT2D eigenvalue weighted by Gasteiger charge is 2.31. The van der Waals surface area contributed by atoms with Crippen LogP contribution in [0.25, 0.3) is 0 Å². The SMILES string of the molecule is CCOC(=O)C(N)C(=O)N1CCCC(CNC(N)=O)C1. The zero-order chi connectivity index (χ0) is 15.1. The second-order valence-corrected chi connectivity index (χ2v) is 4.77. The van der Waals surface area contributed by atoms with Gasteiger partial charge in [0.2, 0.25) is 0 Å². The van der Waals surface area contributed by atoms with Crippen molar-refractivity contribution in [3.8, 4) is 0 Å². The van der Waals surface area contributed by atoms with Gasteiger partial charge in [0.1, 0.15) is 0 Å². The standard InChI is InChI=1S/C12H22N4O4/c1-2-20-11(18)9(13)10(17)16-5-3-4-8(7-16)6-15-12(14)19/h8-9H,2-7,13H2,1H3,(H3,14,15,19). The molecule has 0 radical (unpaired) electrons. The minimum atomic E-state index is -1.28. The van der Waals surface area contributed by atoms with Crippen LogP contribution in [0.5, 0.6) is 0 Å². The molecule has 0 bridgehead atoms. The number of esters is 1. The van der Waals surface area contributed by atoms with E-state index in [2.05, 4.69) is 5.32 Å². The Bertz CT molecular complexity index is 374. The summed E-state index contributed by atoms with van der Waals surface area (Å²) in [6, 6.07) is -1.87. The fourth-order valence-corrected chi connectivity index (χ4v) is 2.21. The van der Waals surface area contributed by atoms with Gasteiger partial charge in [-0.2, -0.15) is 0 Å². The van der Waals surface area contributed by atoms with Gasteiger partial charge in [-0.05, 0) is 25.7 Å². The van der Waals surface area contributed by atoms with E-state index in [0.717, 1.165) is 12.8 Å². The molecule has 1 aliphatic rings. The highest BCUT2D eigenvalue weighted by molar-refractivity contribution is 6.01. The molecule has 2 unspecified atom stereocenters. The summed E-state index contributed by atoms with van der Waals surface area (Å²) in [5.74, 6) is -1.03. The fraction of sp³-hybridized carbons (Fsp3) is 0.750. The second-order valence-electron chi connectivity index (χ2n) is 4.77. The molecule has 0 aromatic heterocycles. The second kappa shape index (κ2) is 7.68. The monoisotopic (exact) mass is 286 g/mol. The number of hydrogen-bond donors (Lipinski definition) is 3. The van der Waals surface area contributed by atoms with Gasteiger partial charge in [0.15, 0.2) is 6.04 Å². The molecular formula is C12H22N4O4. The van der Waals surface area contributed by atoms with Crippen molar-refractivity contribution in [2.75, 3.05) is 26.2 Å². The van der Waals surface area contributed by atoms with Crippen LogP contribution in [0.2, 0.25) is 0 Å². The fourth-order valence-electron chi connectivity index (χ4n) is 2.21. The number of carbonyl (C=O) groups excluding carboxylic acids is 3. The molecule has 8 nitrogen and oxygen atoms in total. The van der Waals surface area contributed by atoms with Crippen molar-refractivity contribution in [3.63, 3.8) is 0 Å². The number of urea groups is 1. The van der Waals surface area contributed by atoms with E-state index in [0.29, 0.717) is 19.6 Å². The van der Waals surface area contributed by atoms with E-state index in [9.17, 15) is 14.4 Å². The highest BCUT2D eigenvalue weighted by Crippen LogP contribution is 2.16. The van der Waals surface area contributed by atoms with Gasteiger partial charge in [0.25, 0.3) is 5.91 Å². The molecule has 2 atom stereocenters. The molecule has 20 heavy (non-hydrogen) atoms. The van der Waals surface area contributed by atoms with E-state index < -0.39 is 23.9 Å². The molecule has 0 aromatic rings. The molecule has 1 heterocycles. The van der Waals surface area contributed by atoms with Gasteiger partial charge in [0.05, 0.1) is 6.61 Å². The first-order valence-corrected chi connectivity index (χ1v) is 6.70. The quantitative estimate of drug-likeness (QED) is 0.431. The van der Waals surface area contributed by atoms with Gasteiger partial charge in [-0.25, -0.2) is 9.59 Å². The smallest absolute Gasteiger partial charge is 0.332 e. The molecule has 0 spiro atoms. The molecular weight excluding hydrogens is 264 g/mol. The largest absolute Gasteiger partial charge is 0.464 e. The van der Waals surface area contributed by atoms with Crippen LogP contribution in [0.3, 0.4) is 0 Å². The zero-order valence-electron chi connectivity index (χ0n) is 11.6. The number of hydrogen-bond acceptors (Lipinski definition) is 5. The molecule has 0 saturated carbocycles. The average Bonchev–Trinajstić information content (AvgIpc) is 2.44. The van der Waals surface area contributed by atoms with Crippen molar-refractivity contribution in [3.05, 3.63) is 0 Å². The van der Waals surface area contributed by atoms with Crippen LogP contribution in [-0.2, 0) is 14.3 Å². The van der Waals surface area contributed by atoms with E-state index in [-0.39, 0.29) is 12.5 Å². The Balaban J connectivity index is 2.51. The van der Waals surface area contributed by atoms with Crippen LogP contribution in [0.15, 0.2) is 0 Å². The van der Waals surface area contributed by atoms with Gasteiger partial charge in [0, 0.05) is 19.6 Å². The summed E-state index contributed by atoms with van der Waals surface area (Å²) in [4.78, 5) is 35.8. The van der Waals surface area contributed by atoms with Gasteiger partial charge in [-0.1, -0.05) is 0 Å². The third-order valence-corrected chi connectivity index (χ3v) is 3.20. The van der Waals surface area contributed by atoms with Gasteiger partial charge >= 0.3 is 12.0 Å². The van der Waals surface area contributed by atoms with Gasteiger partial charge < -0.3 is 26.4 Å². The predicted octanol–water partition coefficient (Wildman–Crippen LogP) is -1.22. The summed E-state index contributed by atoms with van der Waals surface area (Å²) in [7, 11) is 0. The highest BCUT2D eigenvalue weighted by atomic mass is 16.5. The van der Waals surface area contributed by atoms with E-state index in [1.165, 1.54) is 0 Å². The minimum Gasteiger partial charge on any atom is -0.464 e. The number of nitrogens with two attached hydrogens (primary N) is 2. The number of ether oxygens (including phenoxy) is 1. The number of piperidine rings is 1. The van der Waals surface area contributed by atoms with Crippen LogP contribution in [0.4, 0.5) is 4.79 Å². The van der Waals surface area contributed by atoms with Crippen LogP contribution in [0.1, 0.15) is 19.8 Å². The first-order chi connectivity index (χ1) is 9.45. The van der Waals surface area contributed by atoms with Crippen molar-refractivity contribution in [2.45, 2.75) is 25.8 Å². The number of nitrogens with one attached hydrogen (secondary N) is 1. The Kier molecular flexibility index (Phi) is 6.23. The molecule has 5 N–H and O–H groups in total. The van der Waals surface area contributed by atoms with E-state index in [4.69, 9.17) is 16.2 Å². The molecule has 0 aromatic carbocycles. The molecule has 0 aliphatic carbocycles. The van der Waals surface area contributed by atoms with Crippen LogP contribution in [0, 0.1) is 5.92 Å². The van der Waals surface area contributed by atoms with Gasteiger partial charge in [-0.3, -0.25) is 4.79 Å². The van der Waals surface area contributed by atoms with Crippen molar-refractivity contribution in [2.24, 2.45) is 17.4 Å². The maximum absolute atomic E-state index is 12.1. The van der Waals surface area contributed by atoms with Crippen LogP contribution >= 0.6 is 0 Å². The lowest BCUT2D eigenvalue weighted by Crippen LogP contribution is -2.52. The molecule has 3 amide bonds. The van der Waals surface area contributed by atoms with E-state index in [1.807, 2.05) is 0 Å². The average molecular weight is 286 g/mol. The Labute approximate surface area is 117 Å². The van der Waals surface area contributed by atoms with Crippen molar-refractivity contribution < 1.29 is 19.1 Å². The third-order valence-electron chi connectivity index (χ3n) is 3.20. The Hall–Kier alpha value is -1.83. The van der Waals surface area contributed by atoms with Gasteiger partial charge in [-0.15, -0.1) is 0 Å². The first-order valence-electron chi connectivity index (χ1n) is 6.70. The molecule has 1 saturated heterocycles. The lowest BCUT2D eigenvalue weighted by molar-refractivity contribution is -0.151. The number of amides is 3. The number of rotatable bonds is 5. The molecule has 1 rings (SSSR count). The molecule has 114 valence electrons. The number of carbonyl (C=O) groups is 3. The maximum Gasteiger partial charge on any atom is 0.332 e. The van der Waals surface area contributed by atoms with Crippen LogP contribution in [-0.4, -0.2) is 55.1 Å². The summed E-state index contributed by atoms with van der Waals surface area (Å²) in [6.07, 6.45) is 1.69. The first kappa shape index (κ1) is 16.2. The topological polar surface area (TPSA) is 128 Å². The van der Waals surface area contributed by atoms with E-state index in [1.54, 1.807) is 11.8 Å². The maximum atomic E-state index is 12.1. The summed E-state index contributed by atoms with van der Waals surface area (Å²) in [5.41, 5.74) is 10.6. The lowest BCUT2D eigenvalue weighted by atomic mass is 9.97. The normalized spacial score (nSPS) is 20.1. The summed E-state index contributed by atoms with van der Waals surface area (Å²) in [6.45, 7) is 3.26. The Morgan fingerprint density at radius 2 is 2.15 bits per heavy atom. The number of nitrogens with zero attached hydrogens (tertiary/aromatic N) is 1. The lowest BCUT2D eigenvalue weighted by Gasteiger charge is -2.33. The van der Waals surface area contributed by atoms with Crippen LogP contribution < -0.4 is 16.8 Å². The van der Waals surface area contributed by atoms with E-state index >= 15 is 0 Å². The Morgan fingerprint density at radius 1 is 1.45 bits per heavy atom. The third kappa shape index (κ3) is 4.69. The molecule has 8 heteroatoms. The minimum absolute atomic E-state index is 0.120. The molecule has 1 aliphatic heterocycles. The summed E-state index contributed by atoms with van der Waals surface area (Å²) in [5, 5.41) is 2.53. The zero-order valence-corrected chi connectivity index (χ0v) is 11.6. The summed E-state index contributed by atoms with van der Waals surface area (Å²) < 4.78 is 4.74. The number of likely N-dealkylation sites (tertiary alicyclic amines) is 1. The number of primary amides is 1. The van der Waals surface area contributed by atoms with Crippen molar-refractivity contribution in [1.29, 1.82) is 0 Å². The predicted molar refractivity (Wildman–Crippen MR) is 71.5 cm³/mol. The summed E-state index contributed by atoms with van der Waals surface area (Å²) >= 11 is 0. The van der Waals surface area contributed by atoms with Crippen molar-refractivity contribution in [1.82, 2.24) is 10.2 Å². The Morgan fingerprint density at radius 3 is 2.75 bits per heavy atom.